The second kappa shape index (κ2) is 7.13. The number of hydrogen-bond donors (Lipinski definition) is 2. The molecule has 4 nitrogen and oxygen atoms in total. The first-order chi connectivity index (χ1) is 8.56. The summed E-state index contributed by atoms with van der Waals surface area (Å²) in [6.45, 7) is 5.42. The molecule has 1 unspecified atom stereocenters. The van der Waals surface area contributed by atoms with E-state index in [4.69, 9.17) is 10.5 Å². The number of methoxy groups -OCH3 is 1. The zero-order valence-electron chi connectivity index (χ0n) is 11.3. The lowest BCUT2D eigenvalue weighted by atomic mass is 9.99. The van der Waals surface area contributed by atoms with Crippen LogP contribution in [0.25, 0.3) is 0 Å². The number of carbonyl (C=O) groups is 1. The highest BCUT2D eigenvalue weighted by Gasteiger charge is 2.16. The average molecular weight is 250 g/mol. The van der Waals surface area contributed by atoms with E-state index in [0.717, 1.165) is 5.56 Å². The lowest BCUT2D eigenvalue weighted by molar-refractivity contribution is -0.120. The van der Waals surface area contributed by atoms with Gasteiger partial charge in [-0.1, -0.05) is 38.1 Å². The van der Waals surface area contributed by atoms with E-state index in [-0.39, 0.29) is 5.91 Å². The molecule has 0 bridgehead atoms. The Morgan fingerprint density at radius 3 is 2.28 bits per heavy atom. The Hall–Kier alpha value is -1.39. The SMILES string of the molecule is COCCNC(C(N)=O)c1ccc(C(C)C)cc1. The summed E-state index contributed by atoms with van der Waals surface area (Å²) < 4.78 is 4.94. The number of nitrogens with one attached hydrogen (secondary N) is 1. The molecule has 0 aliphatic rings. The largest absolute Gasteiger partial charge is 0.383 e. The summed E-state index contributed by atoms with van der Waals surface area (Å²) in [5.41, 5.74) is 7.55. The van der Waals surface area contributed by atoms with E-state index in [1.807, 2.05) is 24.3 Å². The maximum atomic E-state index is 11.4. The maximum absolute atomic E-state index is 11.4. The molecule has 0 spiro atoms. The zero-order valence-corrected chi connectivity index (χ0v) is 11.3. The predicted molar refractivity (Wildman–Crippen MR) is 72.3 cm³/mol. The van der Waals surface area contributed by atoms with Crippen LogP contribution >= 0.6 is 0 Å². The minimum Gasteiger partial charge on any atom is -0.383 e. The van der Waals surface area contributed by atoms with Crippen LogP contribution in [0.15, 0.2) is 24.3 Å². The van der Waals surface area contributed by atoms with Crippen molar-refractivity contribution in [1.82, 2.24) is 5.32 Å². The molecule has 0 aliphatic heterocycles. The number of ether oxygens (including phenoxy) is 1. The van der Waals surface area contributed by atoms with Gasteiger partial charge in [-0.3, -0.25) is 10.1 Å². The summed E-state index contributed by atoms with van der Waals surface area (Å²) in [4.78, 5) is 11.4. The molecular formula is C14H22N2O2. The molecule has 1 rings (SSSR count). The Labute approximate surface area is 109 Å². The average Bonchev–Trinajstić information content (AvgIpc) is 2.34. The van der Waals surface area contributed by atoms with E-state index < -0.39 is 6.04 Å². The molecule has 1 aromatic carbocycles. The van der Waals surface area contributed by atoms with Crippen LogP contribution in [0, 0.1) is 0 Å². The molecule has 3 N–H and O–H groups in total. The van der Waals surface area contributed by atoms with Gasteiger partial charge >= 0.3 is 0 Å². The second-order valence-corrected chi connectivity index (χ2v) is 4.60. The van der Waals surface area contributed by atoms with Gasteiger partial charge in [0.25, 0.3) is 0 Å². The highest BCUT2D eigenvalue weighted by Crippen LogP contribution is 2.18. The van der Waals surface area contributed by atoms with E-state index in [2.05, 4.69) is 19.2 Å². The first-order valence-corrected chi connectivity index (χ1v) is 6.17. The van der Waals surface area contributed by atoms with Gasteiger partial charge in [0, 0.05) is 13.7 Å². The summed E-state index contributed by atoms with van der Waals surface area (Å²) in [5.74, 6) is 0.107. The third-order valence-corrected chi connectivity index (χ3v) is 2.88. The highest BCUT2D eigenvalue weighted by atomic mass is 16.5. The van der Waals surface area contributed by atoms with Crippen LogP contribution in [0.1, 0.15) is 36.9 Å². The van der Waals surface area contributed by atoms with Crippen LogP contribution in [0.5, 0.6) is 0 Å². The third-order valence-electron chi connectivity index (χ3n) is 2.88. The third kappa shape index (κ3) is 4.13. The van der Waals surface area contributed by atoms with Gasteiger partial charge in [0.05, 0.1) is 6.61 Å². The first kappa shape index (κ1) is 14.7. The quantitative estimate of drug-likeness (QED) is 0.722. The Balaban J connectivity index is 2.76. The molecule has 4 heteroatoms. The van der Waals surface area contributed by atoms with Crippen molar-refractivity contribution in [2.24, 2.45) is 5.73 Å². The lowest BCUT2D eigenvalue weighted by Crippen LogP contribution is -2.35. The zero-order chi connectivity index (χ0) is 13.5. The molecule has 0 radical (unpaired) electrons. The molecule has 0 aliphatic carbocycles. The number of primary amides is 1. The van der Waals surface area contributed by atoms with E-state index >= 15 is 0 Å². The number of nitrogens with two attached hydrogens (primary N) is 1. The standard InChI is InChI=1S/C14H22N2O2/c1-10(2)11-4-6-12(7-5-11)13(14(15)17)16-8-9-18-3/h4-7,10,13,16H,8-9H2,1-3H3,(H2,15,17). The van der Waals surface area contributed by atoms with Gasteiger partial charge in [0.15, 0.2) is 0 Å². The molecular weight excluding hydrogens is 228 g/mol. The Morgan fingerprint density at radius 2 is 1.83 bits per heavy atom. The molecule has 0 saturated heterocycles. The Morgan fingerprint density at radius 1 is 1.28 bits per heavy atom. The molecule has 0 heterocycles. The molecule has 18 heavy (non-hydrogen) atoms. The molecule has 0 fully saturated rings. The van der Waals surface area contributed by atoms with E-state index in [1.54, 1.807) is 7.11 Å². The summed E-state index contributed by atoms with van der Waals surface area (Å²) in [5, 5.41) is 3.09. The van der Waals surface area contributed by atoms with Gasteiger partial charge in [-0.2, -0.15) is 0 Å². The fourth-order valence-electron chi connectivity index (χ4n) is 1.76. The molecule has 1 aromatic rings. The van der Waals surface area contributed by atoms with Crippen LogP contribution in [0.3, 0.4) is 0 Å². The molecule has 0 saturated carbocycles. The van der Waals surface area contributed by atoms with Crippen molar-refractivity contribution in [3.8, 4) is 0 Å². The number of carbonyl (C=O) groups excluding carboxylic acids is 1. The van der Waals surface area contributed by atoms with Crippen LogP contribution in [-0.2, 0) is 9.53 Å². The summed E-state index contributed by atoms with van der Waals surface area (Å²) >= 11 is 0. The molecule has 0 aromatic heterocycles. The van der Waals surface area contributed by atoms with Crippen molar-refractivity contribution >= 4 is 5.91 Å². The Bertz CT molecular complexity index is 374. The minimum atomic E-state index is -0.457. The number of hydrogen-bond acceptors (Lipinski definition) is 3. The minimum absolute atomic E-state index is 0.372. The van der Waals surface area contributed by atoms with Gasteiger partial charge in [0.1, 0.15) is 6.04 Å². The van der Waals surface area contributed by atoms with E-state index in [1.165, 1.54) is 5.56 Å². The predicted octanol–water partition coefficient (Wildman–Crippen LogP) is 1.57. The monoisotopic (exact) mass is 250 g/mol. The maximum Gasteiger partial charge on any atom is 0.239 e. The van der Waals surface area contributed by atoms with Crippen molar-refractivity contribution in [3.63, 3.8) is 0 Å². The topological polar surface area (TPSA) is 64.3 Å². The number of rotatable bonds is 7. The van der Waals surface area contributed by atoms with Crippen LogP contribution in [0.2, 0.25) is 0 Å². The second-order valence-electron chi connectivity index (χ2n) is 4.60. The van der Waals surface area contributed by atoms with Crippen molar-refractivity contribution in [2.45, 2.75) is 25.8 Å². The molecule has 1 amide bonds. The van der Waals surface area contributed by atoms with Crippen molar-refractivity contribution < 1.29 is 9.53 Å². The van der Waals surface area contributed by atoms with Crippen molar-refractivity contribution in [1.29, 1.82) is 0 Å². The van der Waals surface area contributed by atoms with Crippen LogP contribution in [0.4, 0.5) is 0 Å². The summed E-state index contributed by atoms with van der Waals surface area (Å²) in [6.07, 6.45) is 0. The highest BCUT2D eigenvalue weighted by molar-refractivity contribution is 5.81. The van der Waals surface area contributed by atoms with Crippen molar-refractivity contribution in [3.05, 3.63) is 35.4 Å². The van der Waals surface area contributed by atoms with Gasteiger partial charge in [-0.15, -0.1) is 0 Å². The van der Waals surface area contributed by atoms with Gasteiger partial charge < -0.3 is 10.5 Å². The normalized spacial score (nSPS) is 12.7. The van der Waals surface area contributed by atoms with Gasteiger partial charge in [-0.05, 0) is 17.0 Å². The Kier molecular flexibility index (Phi) is 5.82. The van der Waals surface area contributed by atoms with Gasteiger partial charge in [-0.25, -0.2) is 0 Å². The van der Waals surface area contributed by atoms with E-state index in [0.29, 0.717) is 19.1 Å². The fraction of sp³-hybridized carbons (Fsp3) is 0.500. The number of amides is 1. The molecule has 1 atom stereocenters. The summed E-state index contributed by atoms with van der Waals surface area (Å²) in [7, 11) is 1.62. The lowest BCUT2D eigenvalue weighted by Gasteiger charge is -2.16. The smallest absolute Gasteiger partial charge is 0.239 e. The first-order valence-electron chi connectivity index (χ1n) is 6.17. The summed E-state index contributed by atoms with van der Waals surface area (Å²) in [6, 6.07) is 7.51. The number of benzene rings is 1. The molecule has 100 valence electrons. The van der Waals surface area contributed by atoms with Crippen LogP contribution < -0.4 is 11.1 Å². The van der Waals surface area contributed by atoms with Crippen LogP contribution in [-0.4, -0.2) is 26.2 Å². The van der Waals surface area contributed by atoms with E-state index in [9.17, 15) is 4.79 Å². The fourth-order valence-corrected chi connectivity index (χ4v) is 1.76. The van der Waals surface area contributed by atoms with Crippen molar-refractivity contribution in [2.75, 3.05) is 20.3 Å². The van der Waals surface area contributed by atoms with Gasteiger partial charge in [0.2, 0.25) is 5.91 Å².